The highest BCUT2D eigenvalue weighted by atomic mass is 16.5. The fourth-order valence-electron chi connectivity index (χ4n) is 3.58. The van der Waals surface area contributed by atoms with Gasteiger partial charge < -0.3 is 20.1 Å². The van der Waals surface area contributed by atoms with Crippen LogP contribution in [0.5, 0.6) is 5.88 Å². The quantitative estimate of drug-likeness (QED) is 0.841. The molecule has 1 aromatic heterocycles. The van der Waals surface area contributed by atoms with Crippen LogP contribution in [0.2, 0.25) is 0 Å². The number of likely N-dealkylation sites (tertiary alicyclic amines) is 1. The van der Waals surface area contributed by atoms with Crippen molar-refractivity contribution in [3.63, 3.8) is 0 Å². The van der Waals surface area contributed by atoms with Gasteiger partial charge in [-0.2, -0.15) is 0 Å². The van der Waals surface area contributed by atoms with Gasteiger partial charge >= 0.3 is 12.0 Å². The third kappa shape index (κ3) is 4.45. The molecular formula is C19H27N3O4. The Labute approximate surface area is 153 Å². The topological polar surface area (TPSA) is 91.8 Å². The van der Waals surface area contributed by atoms with E-state index in [1.807, 2.05) is 12.1 Å². The lowest BCUT2D eigenvalue weighted by molar-refractivity contribution is -0.147. The lowest BCUT2D eigenvalue weighted by Crippen LogP contribution is -2.40. The summed E-state index contributed by atoms with van der Waals surface area (Å²) in [5, 5.41) is 12.1. The van der Waals surface area contributed by atoms with Crippen LogP contribution in [0.25, 0.3) is 0 Å². The third-order valence-corrected chi connectivity index (χ3v) is 5.36. The van der Waals surface area contributed by atoms with Crippen molar-refractivity contribution in [2.24, 2.45) is 5.41 Å². The van der Waals surface area contributed by atoms with Gasteiger partial charge in [-0.25, -0.2) is 9.78 Å². The molecule has 0 aromatic carbocycles. The lowest BCUT2D eigenvalue weighted by Gasteiger charge is -2.22. The second-order valence-electron chi connectivity index (χ2n) is 7.58. The molecule has 1 saturated heterocycles. The normalized spacial score (nSPS) is 23.7. The number of carboxylic acids is 1. The average Bonchev–Trinajstić information content (AvgIpc) is 3.05. The summed E-state index contributed by atoms with van der Waals surface area (Å²) in [6.07, 6.45) is 8.22. The van der Waals surface area contributed by atoms with Gasteiger partial charge in [-0.05, 0) is 50.7 Å². The number of ether oxygens (including phenoxy) is 1. The van der Waals surface area contributed by atoms with Gasteiger partial charge in [0.25, 0.3) is 0 Å². The Hall–Kier alpha value is -2.31. The van der Waals surface area contributed by atoms with Gasteiger partial charge in [0.1, 0.15) is 6.10 Å². The molecule has 1 unspecified atom stereocenters. The second kappa shape index (κ2) is 7.93. The maximum atomic E-state index is 12.3. The van der Waals surface area contributed by atoms with Crippen molar-refractivity contribution < 1.29 is 19.4 Å². The van der Waals surface area contributed by atoms with Crippen LogP contribution in [0.15, 0.2) is 18.3 Å². The van der Waals surface area contributed by atoms with Gasteiger partial charge in [-0.1, -0.05) is 6.42 Å². The Bertz CT molecular complexity index is 660. The van der Waals surface area contributed by atoms with Gasteiger partial charge in [-0.3, -0.25) is 4.79 Å². The van der Waals surface area contributed by atoms with E-state index in [0.717, 1.165) is 18.4 Å². The molecule has 142 valence electrons. The Morgan fingerprint density at radius 2 is 2.15 bits per heavy atom. The summed E-state index contributed by atoms with van der Waals surface area (Å²) < 4.78 is 5.96. The minimum Gasteiger partial charge on any atom is -0.481 e. The number of hydrogen-bond donors (Lipinski definition) is 2. The minimum atomic E-state index is -0.855. The first-order valence-corrected chi connectivity index (χ1v) is 9.34. The molecule has 2 amide bonds. The van der Waals surface area contributed by atoms with E-state index in [4.69, 9.17) is 4.74 Å². The number of nitrogens with one attached hydrogen (secondary N) is 1. The third-order valence-electron chi connectivity index (χ3n) is 5.36. The van der Waals surface area contributed by atoms with Crippen LogP contribution in [-0.2, 0) is 11.3 Å². The van der Waals surface area contributed by atoms with E-state index in [9.17, 15) is 14.7 Å². The van der Waals surface area contributed by atoms with E-state index in [0.29, 0.717) is 25.4 Å². The number of carbonyl (C=O) groups is 2. The van der Waals surface area contributed by atoms with E-state index < -0.39 is 11.4 Å². The number of pyridine rings is 1. The first-order chi connectivity index (χ1) is 12.5. The maximum Gasteiger partial charge on any atom is 0.317 e. The molecule has 1 aliphatic carbocycles. The van der Waals surface area contributed by atoms with Gasteiger partial charge in [-0.15, -0.1) is 0 Å². The minimum absolute atomic E-state index is 0.235. The van der Waals surface area contributed by atoms with Crippen LogP contribution >= 0.6 is 0 Å². The van der Waals surface area contributed by atoms with E-state index in [-0.39, 0.29) is 18.7 Å². The molecule has 7 heteroatoms. The van der Waals surface area contributed by atoms with Crippen molar-refractivity contribution in [1.29, 1.82) is 0 Å². The predicted octanol–water partition coefficient (Wildman–Crippen LogP) is 2.80. The molecule has 1 aromatic rings. The first kappa shape index (κ1) is 18.5. The summed E-state index contributed by atoms with van der Waals surface area (Å²) in [6, 6.07) is 3.47. The summed E-state index contributed by atoms with van der Waals surface area (Å²) in [5.74, 6) is -0.255. The van der Waals surface area contributed by atoms with Gasteiger partial charge in [0.2, 0.25) is 5.88 Å². The highest BCUT2D eigenvalue weighted by Gasteiger charge is 2.42. The summed E-state index contributed by atoms with van der Waals surface area (Å²) in [6.45, 7) is 2.74. The maximum absolute atomic E-state index is 12.3. The number of carboxylic acid groups (broad SMARTS) is 1. The van der Waals surface area contributed by atoms with Gasteiger partial charge in [0, 0.05) is 31.9 Å². The Balaban J connectivity index is 1.51. The van der Waals surface area contributed by atoms with Crippen molar-refractivity contribution in [2.45, 2.75) is 58.1 Å². The molecule has 3 rings (SSSR count). The van der Waals surface area contributed by atoms with Crippen LogP contribution in [-0.4, -0.2) is 46.2 Å². The zero-order valence-electron chi connectivity index (χ0n) is 15.2. The van der Waals surface area contributed by atoms with Crippen molar-refractivity contribution >= 4 is 12.0 Å². The number of hydrogen-bond acceptors (Lipinski definition) is 4. The summed E-state index contributed by atoms with van der Waals surface area (Å²) in [5.41, 5.74) is 0.0639. The molecule has 1 saturated carbocycles. The standard InChI is InChI=1S/C19H27N3O4/c1-19(17(23)24)8-10-22(13-19)18(25)21-12-14-7-9-20-16(11-14)26-15-5-3-2-4-6-15/h7,9,11,15H,2-6,8,10,12-13H2,1H3,(H,21,25)(H,23,24). The second-order valence-corrected chi connectivity index (χ2v) is 7.58. The molecule has 0 bridgehead atoms. The lowest BCUT2D eigenvalue weighted by atomic mass is 9.90. The van der Waals surface area contributed by atoms with Gasteiger partial charge in [0.15, 0.2) is 0 Å². The summed E-state index contributed by atoms with van der Waals surface area (Å²) in [4.78, 5) is 29.4. The van der Waals surface area contributed by atoms with Crippen molar-refractivity contribution in [2.75, 3.05) is 13.1 Å². The van der Waals surface area contributed by atoms with E-state index in [1.54, 1.807) is 18.0 Å². The fourth-order valence-corrected chi connectivity index (χ4v) is 3.58. The van der Waals surface area contributed by atoms with Crippen molar-refractivity contribution in [3.05, 3.63) is 23.9 Å². The molecule has 2 fully saturated rings. The fraction of sp³-hybridized carbons (Fsp3) is 0.632. The average molecular weight is 361 g/mol. The number of aliphatic carboxylic acids is 1. The van der Waals surface area contributed by atoms with Crippen LogP contribution in [0.1, 0.15) is 51.0 Å². The molecule has 1 aliphatic heterocycles. The molecule has 1 atom stereocenters. The SMILES string of the molecule is CC1(C(=O)O)CCN(C(=O)NCc2ccnc(OC3CCCCC3)c2)C1. The smallest absolute Gasteiger partial charge is 0.317 e. The highest BCUT2D eigenvalue weighted by molar-refractivity contribution is 5.79. The molecular weight excluding hydrogens is 334 g/mol. The molecule has 2 N–H and O–H groups in total. The molecule has 0 spiro atoms. The first-order valence-electron chi connectivity index (χ1n) is 9.34. The monoisotopic (exact) mass is 361 g/mol. The molecule has 0 radical (unpaired) electrons. The van der Waals surface area contributed by atoms with Crippen molar-refractivity contribution in [1.82, 2.24) is 15.2 Å². The van der Waals surface area contributed by atoms with Crippen molar-refractivity contribution in [3.8, 4) is 5.88 Å². The number of amides is 2. The van der Waals surface area contributed by atoms with Crippen LogP contribution in [0, 0.1) is 5.41 Å². The number of carbonyl (C=O) groups excluding carboxylic acids is 1. The number of urea groups is 1. The van der Waals surface area contributed by atoms with E-state index in [1.165, 1.54) is 19.3 Å². The summed E-state index contributed by atoms with van der Waals surface area (Å²) >= 11 is 0. The van der Waals surface area contributed by atoms with Crippen LogP contribution in [0.3, 0.4) is 0 Å². The van der Waals surface area contributed by atoms with Gasteiger partial charge in [0.05, 0.1) is 5.41 Å². The highest BCUT2D eigenvalue weighted by Crippen LogP contribution is 2.30. The molecule has 2 aliphatic rings. The van der Waals surface area contributed by atoms with E-state index in [2.05, 4.69) is 10.3 Å². The van der Waals surface area contributed by atoms with Crippen LogP contribution < -0.4 is 10.1 Å². The number of nitrogens with zero attached hydrogens (tertiary/aromatic N) is 2. The van der Waals surface area contributed by atoms with E-state index >= 15 is 0 Å². The molecule has 2 heterocycles. The van der Waals surface area contributed by atoms with Crippen LogP contribution in [0.4, 0.5) is 4.79 Å². The Morgan fingerprint density at radius 3 is 2.85 bits per heavy atom. The number of aromatic nitrogens is 1. The molecule has 26 heavy (non-hydrogen) atoms. The Morgan fingerprint density at radius 1 is 1.38 bits per heavy atom. The molecule has 7 nitrogen and oxygen atoms in total. The Kier molecular flexibility index (Phi) is 5.64. The predicted molar refractivity (Wildman–Crippen MR) is 95.9 cm³/mol. The summed E-state index contributed by atoms with van der Waals surface area (Å²) in [7, 11) is 0. The largest absolute Gasteiger partial charge is 0.481 e. The zero-order chi connectivity index (χ0) is 18.6. The number of rotatable bonds is 5. The zero-order valence-corrected chi connectivity index (χ0v) is 15.2.